The summed E-state index contributed by atoms with van der Waals surface area (Å²) in [6.45, 7) is 10.5. The minimum atomic E-state index is -0.0820. The van der Waals surface area contributed by atoms with Crippen LogP contribution in [-0.2, 0) is 0 Å². The highest BCUT2D eigenvalue weighted by molar-refractivity contribution is 5.85. The van der Waals surface area contributed by atoms with Crippen LogP contribution in [0.3, 0.4) is 0 Å². The van der Waals surface area contributed by atoms with Crippen LogP contribution in [0.5, 0.6) is 0 Å². The number of hydrogen-bond donors (Lipinski definition) is 1. The molecule has 0 unspecified atom stereocenters. The normalized spacial score (nSPS) is 17.0. The molecule has 1 saturated heterocycles. The molecule has 21 heavy (non-hydrogen) atoms. The Kier molecular flexibility index (Phi) is 9.46. The van der Waals surface area contributed by atoms with Crippen molar-refractivity contribution >= 4 is 24.8 Å². The molecule has 1 aliphatic rings. The molecule has 2 rings (SSSR count). The van der Waals surface area contributed by atoms with Crippen molar-refractivity contribution in [2.45, 2.75) is 33.2 Å². The molecule has 1 aromatic rings. The van der Waals surface area contributed by atoms with Crippen LogP contribution in [0, 0.1) is 18.7 Å². The van der Waals surface area contributed by atoms with Gasteiger partial charge in [-0.3, -0.25) is 4.90 Å². The van der Waals surface area contributed by atoms with Crippen LogP contribution >= 0.6 is 24.8 Å². The lowest BCUT2D eigenvalue weighted by Gasteiger charge is -2.36. The predicted octanol–water partition coefficient (Wildman–Crippen LogP) is 3.97. The minimum absolute atomic E-state index is 0. The van der Waals surface area contributed by atoms with Gasteiger partial charge in [-0.05, 0) is 36.5 Å². The van der Waals surface area contributed by atoms with E-state index in [0.717, 1.165) is 43.7 Å². The summed E-state index contributed by atoms with van der Waals surface area (Å²) in [7, 11) is 0. The molecule has 1 heterocycles. The van der Waals surface area contributed by atoms with Gasteiger partial charge in [0.1, 0.15) is 5.82 Å². The Morgan fingerprint density at radius 3 is 2.33 bits per heavy atom. The summed E-state index contributed by atoms with van der Waals surface area (Å²) in [4.78, 5) is 2.49. The lowest BCUT2D eigenvalue weighted by Crippen LogP contribution is -2.45. The number of aryl methyl sites for hydroxylation is 1. The molecule has 1 atom stereocenters. The highest BCUT2D eigenvalue weighted by atomic mass is 35.5. The van der Waals surface area contributed by atoms with Gasteiger partial charge in [0, 0.05) is 32.2 Å². The molecule has 2 nitrogen and oxygen atoms in total. The van der Waals surface area contributed by atoms with Crippen LogP contribution in [0.4, 0.5) is 4.39 Å². The van der Waals surface area contributed by atoms with Crippen molar-refractivity contribution < 1.29 is 4.39 Å². The van der Waals surface area contributed by atoms with E-state index in [1.54, 1.807) is 6.07 Å². The predicted molar refractivity (Wildman–Crippen MR) is 92.3 cm³/mol. The van der Waals surface area contributed by atoms with E-state index in [-0.39, 0.29) is 30.6 Å². The van der Waals surface area contributed by atoms with Crippen LogP contribution in [0.2, 0.25) is 0 Å². The van der Waals surface area contributed by atoms with Crippen molar-refractivity contribution in [3.63, 3.8) is 0 Å². The van der Waals surface area contributed by atoms with Gasteiger partial charge in [0.05, 0.1) is 0 Å². The van der Waals surface area contributed by atoms with Gasteiger partial charge in [-0.25, -0.2) is 4.39 Å². The topological polar surface area (TPSA) is 15.3 Å². The number of piperazine rings is 1. The zero-order valence-electron chi connectivity index (χ0n) is 13.1. The summed E-state index contributed by atoms with van der Waals surface area (Å²) < 4.78 is 13.8. The third-order valence-electron chi connectivity index (χ3n) is 3.87. The summed E-state index contributed by atoms with van der Waals surface area (Å²) in [5.74, 6) is 0.533. The molecule has 5 heteroatoms. The van der Waals surface area contributed by atoms with Crippen molar-refractivity contribution in [1.82, 2.24) is 10.2 Å². The number of benzene rings is 1. The largest absolute Gasteiger partial charge is 0.314 e. The number of rotatable bonds is 4. The maximum atomic E-state index is 13.8. The molecule has 122 valence electrons. The Morgan fingerprint density at radius 1 is 1.19 bits per heavy atom. The standard InChI is InChI=1S/C16H25FN2.2ClH/c1-12(2)10-16(19-8-6-18-7-9-19)14-5-4-13(3)15(17)11-14;;/h4-5,11-12,16,18H,6-10H2,1-3H3;2*1H/t16-;;/m1../s1. The van der Waals surface area contributed by atoms with Gasteiger partial charge in [0.25, 0.3) is 0 Å². The van der Waals surface area contributed by atoms with Gasteiger partial charge in [-0.15, -0.1) is 24.8 Å². The monoisotopic (exact) mass is 336 g/mol. The number of nitrogens with one attached hydrogen (secondary N) is 1. The first-order valence-corrected chi connectivity index (χ1v) is 7.28. The average molecular weight is 337 g/mol. The molecule has 1 fully saturated rings. The zero-order chi connectivity index (χ0) is 13.8. The third-order valence-corrected chi connectivity index (χ3v) is 3.87. The molecule has 0 bridgehead atoms. The molecule has 1 aliphatic heterocycles. The van der Waals surface area contributed by atoms with Crippen LogP contribution in [0.15, 0.2) is 18.2 Å². The Bertz CT molecular complexity index is 421. The molecular formula is C16H27Cl2FN2. The highest BCUT2D eigenvalue weighted by Crippen LogP contribution is 2.29. The second-order valence-electron chi connectivity index (χ2n) is 5.94. The summed E-state index contributed by atoms with van der Waals surface area (Å²) in [6.07, 6.45) is 1.09. The van der Waals surface area contributed by atoms with Gasteiger partial charge in [0.15, 0.2) is 0 Å². The van der Waals surface area contributed by atoms with Crippen LogP contribution in [-0.4, -0.2) is 31.1 Å². The van der Waals surface area contributed by atoms with Crippen molar-refractivity contribution in [2.24, 2.45) is 5.92 Å². The lowest BCUT2D eigenvalue weighted by atomic mass is 9.94. The fraction of sp³-hybridized carbons (Fsp3) is 0.625. The van der Waals surface area contributed by atoms with Crippen molar-refractivity contribution in [2.75, 3.05) is 26.2 Å². The fourth-order valence-corrected chi connectivity index (χ4v) is 2.75. The first kappa shape index (κ1) is 20.6. The molecule has 0 radical (unpaired) electrons. The van der Waals surface area contributed by atoms with Gasteiger partial charge in [-0.2, -0.15) is 0 Å². The zero-order valence-corrected chi connectivity index (χ0v) is 14.7. The second-order valence-corrected chi connectivity index (χ2v) is 5.94. The van der Waals surface area contributed by atoms with Gasteiger partial charge >= 0.3 is 0 Å². The van der Waals surface area contributed by atoms with Gasteiger partial charge in [0.2, 0.25) is 0 Å². The molecule has 0 saturated carbocycles. The second kappa shape index (κ2) is 9.62. The Balaban J connectivity index is 0.00000200. The fourth-order valence-electron chi connectivity index (χ4n) is 2.75. The molecule has 0 spiro atoms. The van der Waals surface area contributed by atoms with Crippen LogP contribution in [0.1, 0.15) is 37.4 Å². The first-order valence-electron chi connectivity index (χ1n) is 7.28. The Morgan fingerprint density at radius 2 is 1.81 bits per heavy atom. The third kappa shape index (κ3) is 5.74. The number of hydrogen-bond acceptors (Lipinski definition) is 2. The first-order chi connectivity index (χ1) is 9.08. The summed E-state index contributed by atoms with van der Waals surface area (Å²) in [5.41, 5.74) is 1.85. The summed E-state index contributed by atoms with van der Waals surface area (Å²) in [6, 6.07) is 6.06. The van der Waals surface area contributed by atoms with Gasteiger partial charge < -0.3 is 5.32 Å². The van der Waals surface area contributed by atoms with Crippen molar-refractivity contribution in [3.8, 4) is 0 Å². The lowest BCUT2D eigenvalue weighted by molar-refractivity contribution is 0.154. The van der Waals surface area contributed by atoms with Crippen LogP contribution in [0.25, 0.3) is 0 Å². The Hall–Kier alpha value is -0.350. The molecule has 1 aromatic carbocycles. The molecule has 0 aromatic heterocycles. The number of nitrogens with zero attached hydrogens (tertiary/aromatic N) is 1. The van der Waals surface area contributed by atoms with E-state index in [4.69, 9.17) is 0 Å². The van der Waals surface area contributed by atoms with E-state index in [0.29, 0.717) is 12.0 Å². The molecular weight excluding hydrogens is 310 g/mol. The molecule has 1 N–H and O–H groups in total. The molecule has 0 amide bonds. The quantitative estimate of drug-likeness (QED) is 0.894. The smallest absolute Gasteiger partial charge is 0.126 e. The van der Waals surface area contributed by atoms with E-state index in [2.05, 4.69) is 30.1 Å². The van der Waals surface area contributed by atoms with Crippen LogP contribution < -0.4 is 5.32 Å². The van der Waals surface area contributed by atoms with Crippen molar-refractivity contribution in [1.29, 1.82) is 0 Å². The maximum absolute atomic E-state index is 13.8. The Labute approximate surface area is 140 Å². The van der Waals surface area contributed by atoms with E-state index < -0.39 is 0 Å². The number of halogens is 3. The van der Waals surface area contributed by atoms with E-state index in [1.165, 1.54) is 0 Å². The van der Waals surface area contributed by atoms with Gasteiger partial charge in [-0.1, -0.05) is 26.0 Å². The summed E-state index contributed by atoms with van der Waals surface area (Å²) >= 11 is 0. The SMILES string of the molecule is Cc1ccc([C@@H](CC(C)C)N2CCNCC2)cc1F.Cl.Cl. The average Bonchev–Trinajstić information content (AvgIpc) is 2.40. The maximum Gasteiger partial charge on any atom is 0.126 e. The molecule has 0 aliphatic carbocycles. The highest BCUT2D eigenvalue weighted by Gasteiger charge is 2.23. The van der Waals surface area contributed by atoms with E-state index >= 15 is 0 Å². The summed E-state index contributed by atoms with van der Waals surface area (Å²) in [5, 5.41) is 3.38. The van der Waals surface area contributed by atoms with E-state index in [1.807, 2.05) is 13.0 Å². The van der Waals surface area contributed by atoms with Crippen molar-refractivity contribution in [3.05, 3.63) is 35.1 Å². The minimum Gasteiger partial charge on any atom is -0.314 e. The van der Waals surface area contributed by atoms with E-state index in [9.17, 15) is 4.39 Å².